The molecule has 4 heterocycles. The van der Waals surface area contributed by atoms with Crippen molar-refractivity contribution in [3.05, 3.63) is 41.1 Å². The summed E-state index contributed by atoms with van der Waals surface area (Å²) in [6, 6.07) is 4.55. The fourth-order valence-corrected chi connectivity index (χ4v) is 5.37. The summed E-state index contributed by atoms with van der Waals surface area (Å²) in [6.07, 6.45) is 2.75. The number of rotatable bonds is 4. The van der Waals surface area contributed by atoms with Gasteiger partial charge >= 0.3 is 0 Å². The molecule has 0 N–H and O–H groups in total. The normalized spacial score (nSPS) is 16.8. The lowest BCUT2D eigenvalue weighted by atomic mass is 10.3. The van der Waals surface area contributed by atoms with Gasteiger partial charge in [-0.15, -0.1) is 0 Å². The highest BCUT2D eigenvalue weighted by molar-refractivity contribution is 7.89. The summed E-state index contributed by atoms with van der Waals surface area (Å²) in [5.41, 5.74) is 0.0999. The van der Waals surface area contributed by atoms with Crippen LogP contribution in [-0.4, -0.2) is 82.3 Å². The van der Waals surface area contributed by atoms with Gasteiger partial charge in [-0.25, -0.2) is 13.4 Å². The fraction of sp³-hybridized carbons (Fsp3) is 0.400. The van der Waals surface area contributed by atoms with Crippen molar-refractivity contribution in [3.63, 3.8) is 0 Å². The molecule has 1 fully saturated rings. The summed E-state index contributed by atoms with van der Waals surface area (Å²) in [4.78, 5) is 31.2. The van der Waals surface area contributed by atoms with Crippen LogP contribution in [0, 0.1) is 0 Å². The largest absolute Gasteiger partial charge is 0.486 e. The number of aromatic nitrogens is 4. The molecule has 0 saturated carbocycles. The first-order valence-electron chi connectivity index (χ1n) is 10.4. The first-order chi connectivity index (χ1) is 15.8. The number of sulfonamides is 1. The van der Waals surface area contributed by atoms with Gasteiger partial charge in [0.25, 0.3) is 5.56 Å². The molecule has 1 amide bonds. The third kappa shape index (κ3) is 3.82. The standard InChI is InChI=1S/C20H22N6O6S/c1-23-19-15(11-22-23)20(28)25(13-21-19)12-18(27)24-4-6-26(7-5-24)33(29,30)14-2-3-16-17(10-14)32-9-8-31-16/h2-3,10-11,13H,4-9,12H2,1H3. The van der Waals surface area contributed by atoms with E-state index in [0.29, 0.717) is 35.7 Å². The average Bonchev–Trinajstić information content (AvgIpc) is 3.22. The zero-order valence-electron chi connectivity index (χ0n) is 17.9. The molecule has 13 heteroatoms. The molecule has 12 nitrogen and oxygen atoms in total. The molecule has 2 aromatic heterocycles. The summed E-state index contributed by atoms with van der Waals surface area (Å²) in [5.74, 6) is 0.643. The first kappa shape index (κ1) is 21.4. The number of ether oxygens (including phenoxy) is 2. The van der Waals surface area contributed by atoms with E-state index in [0.717, 1.165) is 0 Å². The Bertz CT molecular complexity index is 1390. The van der Waals surface area contributed by atoms with Gasteiger partial charge in [-0.3, -0.25) is 18.8 Å². The Labute approximate surface area is 189 Å². The summed E-state index contributed by atoms with van der Waals surface area (Å²) in [7, 11) is -2.06. The SMILES string of the molecule is Cn1ncc2c(=O)n(CC(=O)N3CCN(S(=O)(=O)c4ccc5c(c4)OCCO5)CC3)cnc21. The van der Waals surface area contributed by atoms with Gasteiger partial charge in [0, 0.05) is 39.3 Å². The number of aryl methyl sites for hydroxylation is 1. The Morgan fingerprint density at radius 1 is 1.09 bits per heavy atom. The van der Waals surface area contributed by atoms with E-state index in [9.17, 15) is 18.0 Å². The third-order valence-corrected chi connectivity index (χ3v) is 7.66. The molecule has 0 radical (unpaired) electrons. The van der Waals surface area contributed by atoms with Crippen LogP contribution in [0.15, 0.2) is 40.4 Å². The molecular weight excluding hydrogens is 452 g/mol. The number of hydrogen-bond donors (Lipinski definition) is 0. The lowest BCUT2D eigenvalue weighted by Crippen LogP contribution is -2.51. The third-order valence-electron chi connectivity index (χ3n) is 5.77. The highest BCUT2D eigenvalue weighted by Gasteiger charge is 2.31. The van der Waals surface area contributed by atoms with Crippen LogP contribution in [0.1, 0.15) is 0 Å². The molecule has 33 heavy (non-hydrogen) atoms. The Morgan fingerprint density at radius 2 is 1.82 bits per heavy atom. The van der Waals surface area contributed by atoms with Crippen molar-refractivity contribution in [2.45, 2.75) is 11.4 Å². The maximum Gasteiger partial charge on any atom is 0.264 e. The first-order valence-corrected chi connectivity index (χ1v) is 11.8. The molecule has 1 saturated heterocycles. The number of benzene rings is 1. The van der Waals surface area contributed by atoms with Crippen LogP contribution in [0.2, 0.25) is 0 Å². The molecule has 2 aliphatic rings. The summed E-state index contributed by atoms with van der Waals surface area (Å²) in [6.45, 7) is 1.36. The second-order valence-corrected chi connectivity index (χ2v) is 9.71. The number of carbonyl (C=O) groups is 1. The molecular formula is C20H22N6O6S. The van der Waals surface area contributed by atoms with Crippen LogP contribution in [0.3, 0.4) is 0 Å². The quantitative estimate of drug-likeness (QED) is 0.492. The minimum Gasteiger partial charge on any atom is -0.486 e. The zero-order valence-corrected chi connectivity index (χ0v) is 18.7. The Hall–Kier alpha value is -3.45. The van der Waals surface area contributed by atoms with Crippen molar-refractivity contribution < 1.29 is 22.7 Å². The predicted molar refractivity (Wildman–Crippen MR) is 116 cm³/mol. The van der Waals surface area contributed by atoms with Crippen molar-refractivity contribution in [1.82, 2.24) is 28.5 Å². The van der Waals surface area contributed by atoms with Crippen molar-refractivity contribution in [2.75, 3.05) is 39.4 Å². The van der Waals surface area contributed by atoms with Crippen LogP contribution in [0.5, 0.6) is 11.5 Å². The number of carbonyl (C=O) groups excluding carboxylic acids is 1. The van der Waals surface area contributed by atoms with E-state index in [4.69, 9.17) is 9.47 Å². The molecule has 0 aliphatic carbocycles. The van der Waals surface area contributed by atoms with Gasteiger partial charge in [-0.1, -0.05) is 0 Å². The van der Waals surface area contributed by atoms with Crippen LogP contribution < -0.4 is 15.0 Å². The summed E-state index contributed by atoms with van der Waals surface area (Å²) >= 11 is 0. The fourth-order valence-electron chi connectivity index (χ4n) is 3.94. The maximum atomic E-state index is 13.1. The topological polar surface area (TPSA) is 129 Å². The van der Waals surface area contributed by atoms with Gasteiger partial charge in [-0.05, 0) is 12.1 Å². The van der Waals surface area contributed by atoms with Gasteiger partial charge in [0.05, 0.1) is 11.1 Å². The highest BCUT2D eigenvalue weighted by atomic mass is 32.2. The van der Waals surface area contributed by atoms with E-state index in [1.807, 2.05) is 0 Å². The number of amides is 1. The molecule has 0 bridgehead atoms. The van der Waals surface area contributed by atoms with Gasteiger partial charge in [-0.2, -0.15) is 9.40 Å². The van der Waals surface area contributed by atoms with E-state index in [1.54, 1.807) is 18.0 Å². The van der Waals surface area contributed by atoms with Crippen molar-refractivity contribution >= 4 is 27.0 Å². The van der Waals surface area contributed by atoms with E-state index in [1.165, 1.54) is 38.2 Å². The van der Waals surface area contributed by atoms with Crippen LogP contribution in [0.4, 0.5) is 0 Å². The van der Waals surface area contributed by atoms with Crippen LogP contribution in [-0.2, 0) is 28.4 Å². The predicted octanol–water partition coefficient (Wildman–Crippen LogP) is -0.566. The van der Waals surface area contributed by atoms with Crippen LogP contribution >= 0.6 is 0 Å². The summed E-state index contributed by atoms with van der Waals surface area (Å²) in [5, 5.41) is 4.35. The number of piperazine rings is 1. The molecule has 3 aromatic rings. The monoisotopic (exact) mass is 474 g/mol. The van der Waals surface area contributed by atoms with Gasteiger partial charge in [0.15, 0.2) is 17.1 Å². The smallest absolute Gasteiger partial charge is 0.264 e. The second kappa shape index (κ2) is 8.15. The van der Waals surface area contributed by atoms with Crippen LogP contribution in [0.25, 0.3) is 11.0 Å². The van der Waals surface area contributed by atoms with Gasteiger partial charge in [0.1, 0.15) is 31.5 Å². The van der Waals surface area contributed by atoms with Crippen molar-refractivity contribution in [3.8, 4) is 11.5 Å². The Morgan fingerprint density at radius 3 is 2.58 bits per heavy atom. The zero-order chi connectivity index (χ0) is 23.2. The molecule has 2 aliphatic heterocycles. The van der Waals surface area contributed by atoms with E-state index in [2.05, 4.69) is 10.1 Å². The van der Waals surface area contributed by atoms with Crippen molar-refractivity contribution in [2.24, 2.45) is 7.05 Å². The molecule has 0 spiro atoms. The summed E-state index contributed by atoms with van der Waals surface area (Å²) < 4.78 is 41.2. The molecule has 174 valence electrons. The average molecular weight is 474 g/mol. The molecule has 0 atom stereocenters. The minimum atomic E-state index is -3.75. The molecule has 1 aromatic carbocycles. The number of nitrogens with zero attached hydrogens (tertiary/aromatic N) is 6. The van der Waals surface area contributed by atoms with E-state index >= 15 is 0 Å². The van der Waals surface area contributed by atoms with E-state index < -0.39 is 10.0 Å². The highest BCUT2D eigenvalue weighted by Crippen LogP contribution is 2.33. The van der Waals surface area contributed by atoms with E-state index in [-0.39, 0.29) is 49.1 Å². The van der Waals surface area contributed by atoms with Gasteiger partial charge in [0.2, 0.25) is 15.9 Å². The second-order valence-electron chi connectivity index (χ2n) is 7.77. The number of hydrogen-bond acceptors (Lipinski definition) is 8. The number of fused-ring (bicyclic) bond motifs is 2. The lowest BCUT2D eigenvalue weighted by Gasteiger charge is -2.34. The van der Waals surface area contributed by atoms with Gasteiger partial charge < -0.3 is 14.4 Å². The Balaban J connectivity index is 1.25. The molecule has 5 rings (SSSR count). The van der Waals surface area contributed by atoms with Crippen molar-refractivity contribution in [1.29, 1.82) is 0 Å². The maximum absolute atomic E-state index is 13.1. The lowest BCUT2D eigenvalue weighted by molar-refractivity contribution is -0.133. The Kier molecular flexibility index (Phi) is 5.29. The molecule has 0 unspecified atom stereocenters. The minimum absolute atomic E-state index is 0.119.